The topological polar surface area (TPSA) is 83.6 Å². The second kappa shape index (κ2) is 8.48. The zero-order valence-electron chi connectivity index (χ0n) is 14.0. The van der Waals surface area contributed by atoms with Gasteiger partial charge in [-0.2, -0.15) is 0 Å². The molecule has 1 fully saturated rings. The highest BCUT2D eigenvalue weighted by Gasteiger charge is 2.25. The lowest BCUT2D eigenvalue weighted by atomic mass is 10.2. The summed E-state index contributed by atoms with van der Waals surface area (Å²) >= 11 is 11.4. The van der Waals surface area contributed by atoms with E-state index in [4.69, 9.17) is 28.2 Å². The number of nitro benzene ring substituents is 1. The molecule has 0 aliphatic carbocycles. The van der Waals surface area contributed by atoms with Gasteiger partial charge in [0, 0.05) is 18.7 Å². The fraction of sp³-hybridized carbons (Fsp3) is 0.353. The maximum atomic E-state index is 10.9. The summed E-state index contributed by atoms with van der Waals surface area (Å²) in [4.78, 5) is 12.8. The fourth-order valence-corrected chi connectivity index (χ4v) is 3.38. The summed E-state index contributed by atoms with van der Waals surface area (Å²) in [6.07, 6.45) is 4.00. The third kappa shape index (κ3) is 4.51. The van der Waals surface area contributed by atoms with Crippen LogP contribution < -0.4 is 10.6 Å². The number of thiocarbonyl (C=S) groups is 1. The van der Waals surface area contributed by atoms with Crippen molar-refractivity contribution in [1.82, 2.24) is 10.2 Å². The zero-order valence-corrected chi connectivity index (χ0v) is 15.6. The third-order valence-electron chi connectivity index (χ3n) is 4.32. The Labute approximate surface area is 161 Å². The number of rotatable bonds is 6. The maximum absolute atomic E-state index is 10.9. The Morgan fingerprint density at radius 3 is 2.81 bits per heavy atom. The molecule has 0 saturated carbocycles. The highest BCUT2D eigenvalue weighted by atomic mass is 35.5. The Hall–Kier alpha value is -2.16. The van der Waals surface area contributed by atoms with Crippen molar-refractivity contribution in [3.8, 4) is 0 Å². The number of non-ortho nitro benzene ring substituents is 1. The molecule has 2 heterocycles. The lowest BCUT2D eigenvalue weighted by Gasteiger charge is -2.26. The summed E-state index contributed by atoms with van der Waals surface area (Å²) in [6, 6.07) is 8.09. The summed E-state index contributed by atoms with van der Waals surface area (Å²) in [5, 5.41) is 17.7. The average molecular weight is 395 g/mol. The Morgan fingerprint density at radius 2 is 2.15 bits per heavy atom. The lowest BCUT2D eigenvalue weighted by molar-refractivity contribution is -0.384. The Bertz CT molecular complexity index is 778. The van der Waals surface area contributed by atoms with Crippen molar-refractivity contribution in [2.75, 3.05) is 25.0 Å². The smallest absolute Gasteiger partial charge is 0.271 e. The molecule has 0 bridgehead atoms. The van der Waals surface area contributed by atoms with Crippen LogP contribution in [-0.4, -0.2) is 34.6 Å². The second-order valence-corrected chi connectivity index (χ2v) is 6.85. The van der Waals surface area contributed by atoms with Gasteiger partial charge in [0.15, 0.2) is 5.11 Å². The Morgan fingerprint density at radius 1 is 1.38 bits per heavy atom. The molecule has 7 nitrogen and oxygen atoms in total. The predicted molar refractivity (Wildman–Crippen MR) is 105 cm³/mol. The zero-order chi connectivity index (χ0) is 18.5. The van der Waals surface area contributed by atoms with Gasteiger partial charge in [-0.3, -0.25) is 15.0 Å². The molecule has 0 unspecified atom stereocenters. The minimum atomic E-state index is -0.474. The van der Waals surface area contributed by atoms with E-state index in [0.717, 1.165) is 18.8 Å². The van der Waals surface area contributed by atoms with Crippen LogP contribution in [0.4, 0.5) is 11.4 Å². The van der Waals surface area contributed by atoms with Crippen molar-refractivity contribution < 1.29 is 9.34 Å². The van der Waals surface area contributed by atoms with Crippen molar-refractivity contribution in [1.29, 1.82) is 0 Å². The standard InChI is InChI=1S/C17H19ClN4O3S/c18-13-6-5-12(22(23)24)10-14(13)20-17(26)19-11-15(16-4-3-9-25-16)21-7-1-2-8-21/h3-6,9-10,15H,1-2,7-8,11H2,(H2,19,20,26)/t15-/m1/s1. The number of hydrogen-bond acceptors (Lipinski definition) is 5. The molecule has 9 heteroatoms. The number of furan rings is 1. The monoisotopic (exact) mass is 394 g/mol. The number of benzene rings is 1. The molecular weight excluding hydrogens is 376 g/mol. The third-order valence-corrected chi connectivity index (χ3v) is 4.89. The molecule has 1 saturated heterocycles. The molecule has 2 N–H and O–H groups in total. The number of anilines is 1. The van der Waals surface area contributed by atoms with Gasteiger partial charge in [0.1, 0.15) is 5.76 Å². The molecule has 1 aromatic heterocycles. The highest BCUT2D eigenvalue weighted by Crippen LogP contribution is 2.27. The molecule has 3 rings (SSSR count). The van der Waals surface area contributed by atoms with E-state index in [9.17, 15) is 10.1 Å². The SMILES string of the molecule is O=[N+]([O-])c1ccc(Cl)c(NC(=S)NC[C@H](c2ccco2)N2CCCC2)c1. The number of nitrogens with one attached hydrogen (secondary N) is 2. The summed E-state index contributed by atoms with van der Waals surface area (Å²) in [5.74, 6) is 0.885. The number of likely N-dealkylation sites (tertiary alicyclic amines) is 1. The first-order chi connectivity index (χ1) is 12.5. The van der Waals surface area contributed by atoms with Gasteiger partial charge < -0.3 is 15.1 Å². The Balaban J connectivity index is 1.64. The van der Waals surface area contributed by atoms with E-state index in [0.29, 0.717) is 22.4 Å². The van der Waals surface area contributed by atoms with E-state index in [1.165, 1.54) is 31.0 Å². The largest absolute Gasteiger partial charge is 0.468 e. The molecule has 0 amide bonds. The normalized spacial score (nSPS) is 15.6. The van der Waals surface area contributed by atoms with Crippen molar-refractivity contribution in [3.63, 3.8) is 0 Å². The van der Waals surface area contributed by atoms with Crippen LogP contribution in [0, 0.1) is 10.1 Å². The van der Waals surface area contributed by atoms with Crippen molar-refractivity contribution in [2.24, 2.45) is 0 Å². The molecule has 0 radical (unpaired) electrons. The molecule has 1 atom stereocenters. The summed E-state index contributed by atoms with van der Waals surface area (Å²) in [5.41, 5.74) is 0.347. The quantitative estimate of drug-likeness (QED) is 0.435. The molecule has 1 aromatic carbocycles. The van der Waals surface area contributed by atoms with E-state index < -0.39 is 4.92 Å². The molecule has 1 aliphatic heterocycles. The average Bonchev–Trinajstić information content (AvgIpc) is 3.31. The van der Waals surface area contributed by atoms with Crippen molar-refractivity contribution >= 4 is 40.3 Å². The van der Waals surface area contributed by atoms with Gasteiger partial charge in [-0.1, -0.05) is 11.6 Å². The van der Waals surface area contributed by atoms with Crippen LogP contribution in [0.1, 0.15) is 24.6 Å². The summed E-state index contributed by atoms with van der Waals surface area (Å²) < 4.78 is 5.58. The van der Waals surface area contributed by atoms with Gasteiger partial charge >= 0.3 is 0 Å². The Kier molecular flexibility index (Phi) is 6.08. The summed E-state index contributed by atoms with van der Waals surface area (Å²) in [7, 11) is 0. The first-order valence-electron chi connectivity index (χ1n) is 8.31. The minimum absolute atomic E-state index is 0.0507. The molecule has 138 valence electrons. The lowest BCUT2D eigenvalue weighted by Crippen LogP contribution is -2.38. The highest BCUT2D eigenvalue weighted by molar-refractivity contribution is 7.80. The van der Waals surface area contributed by atoms with Crippen LogP contribution in [0.2, 0.25) is 5.02 Å². The van der Waals surface area contributed by atoms with E-state index in [1.54, 1.807) is 6.26 Å². The molecule has 2 aromatic rings. The first kappa shape index (κ1) is 18.6. The second-order valence-electron chi connectivity index (χ2n) is 6.03. The maximum Gasteiger partial charge on any atom is 0.271 e. The van der Waals surface area contributed by atoms with Crippen LogP contribution >= 0.6 is 23.8 Å². The van der Waals surface area contributed by atoms with Crippen LogP contribution in [0.3, 0.4) is 0 Å². The van der Waals surface area contributed by atoms with E-state index >= 15 is 0 Å². The number of hydrogen-bond donors (Lipinski definition) is 2. The van der Waals surface area contributed by atoms with Crippen LogP contribution in [0.25, 0.3) is 0 Å². The molecule has 26 heavy (non-hydrogen) atoms. The molecule has 0 spiro atoms. The number of nitrogens with zero attached hydrogens (tertiary/aromatic N) is 2. The van der Waals surface area contributed by atoms with Crippen LogP contribution in [-0.2, 0) is 0 Å². The summed E-state index contributed by atoms with van der Waals surface area (Å²) in [6.45, 7) is 2.60. The number of nitro groups is 1. The van der Waals surface area contributed by atoms with Gasteiger partial charge in [0.2, 0.25) is 0 Å². The van der Waals surface area contributed by atoms with E-state index in [-0.39, 0.29) is 11.7 Å². The fourth-order valence-electron chi connectivity index (χ4n) is 3.02. The van der Waals surface area contributed by atoms with Gasteiger partial charge in [-0.15, -0.1) is 0 Å². The van der Waals surface area contributed by atoms with E-state index in [2.05, 4.69) is 15.5 Å². The van der Waals surface area contributed by atoms with Gasteiger partial charge in [-0.05, 0) is 56.3 Å². The minimum Gasteiger partial charge on any atom is -0.468 e. The number of halogens is 1. The first-order valence-corrected chi connectivity index (χ1v) is 9.09. The van der Waals surface area contributed by atoms with Crippen LogP contribution in [0.5, 0.6) is 0 Å². The molecule has 1 aliphatic rings. The molecular formula is C17H19ClN4O3S. The van der Waals surface area contributed by atoms with Gasteiger partial charge in [-0.25, -0.2) is 0 Å². The van der Waals surface area contributed by atoms with Crippen LogP contribution in [0.15, 0.2) is 41.0 Å². The van der Waals surface area contributed by atoms with Crippen molar-refractivity contribution in [3.05, 3.63) is 57.5 Å². The van der Waals surface area contributed by atoms with Gasteiger partial charge in [0.05, 0.1) is 27.9 Å². The van der Waals surface area contributed by atoms with Crippen molar-refractivity contribution in [2.45, 2.75) is 18.9 Å². The van der Waals surface area contributed by atoms with Gasteiger partial charge in [0.25, 0.3) is 5.69 Å². The predicted octanol–water partition coefficient (Wildman–Crippen LogP) is 3.96. The van der Waals surface area contributed by atoms with E-state index in [1.807, 2.05) is 12.1 Å².